The minimum atomic E-state index is -0.883. The largest absolute Gasteiger partial charge is 0.336 e. The zero-order chi connectivity index (χ0) is 24.0. The third kappa shape index (κ3) is 3.53. The minimum Gasteiger partial charge on any atom is -0.336 e. The van der Waals surface area contributed by atoms with Crippen molar-refractivity contribution in [3.05, 3.63) is 95.2 Å². The van der Waals surface area contributed by atoms with Crippen LogP contribution in [0.1, 0.15) is 18.1 Å². The van der Waals surface area contributed by atoms with E-state index in [1.807, 2.05) is 24.3 Å². The summed E-state index contributed by atoms with van der Waals surface area (Å²) in [6.45, 7) is 1.84. The monoisotopic (exact) mass is 459 g/mol. The number of fused-ring (bicyclic) bond motifs is 1. The van der Waals surface area contributed by atoms with Crippen LogP contribution in [0.15, 0.2) is 72.4 Å². The summed E-state index contributed by atoms with van der Waals surface area (Å²) in [6.07, 6.45) is 0.671. The molecule has 0 unspecified atom stereocenters. The number of carbonyl (C=O) groups excluding carboxylic acids is 3. The van der Waals surface area contributed by atoms with Gasteiger partial charge in [-0.05, 0) is 47.9 Å². The topological polar surface area (TPSA) is 69.7 Å². The molecule has 6 nitrogen and oxygen atoms in total. The third-order valence-corrected chi connectivity index (χ3v) is 5.86. The van der Waals surface area contributed by atoms with E-state index in [9.17, 15) is 23.2 Å². The highest BCUT2D eigenvalue weighted by Crippen LogP contribution is 2.40. The van der Waals surface area contributed by atoms with E-state index < -0.39 is 29.1 Å². The van der Waals surface area contributed by atoms with E-state index in [1.165, 1.54) is 6.92 Å². The Labute approximate surface area is 194 Å². The number of para-hydroxylation sites is 1. The number of amides is 3. The number of carbonyl (C=O) groups is 3. The number of nitrogens with one attached hydrogen (secondary N) is 1. The quantitative estimate of drug-likeness (QED) is 0.592. The molecule has 3 amide bonds. The van der Waals surface area contributed by atoms with Gasteiger partial charge in [0.1, 0.15) is 17.3 Å². The molecule has 1 N–H and O–H groups in total. The van der Waals surface area contributed by atoms with E-state index in [0.717, 1.165) is 29.4 Å². The molecule has 2 aliphatic heterocycles. The van der Waals surface area contributed by atoms with Crippen molar-refractivity contribution in [1.29, 1.82) is 0 Å². The molecule has 5 rings (SSSR count). The van der Waals surface area contributed by atoms with Crippen LogP contribution in [0.5, 0.6) is 0 Å². The van der Waals surface area contributed by atoms with Gasteiger partial charge in [0.25, 0.3) is 11.8 Å². The van der Waals surface area contributed by atoms with Crippen LogP contribution in [-0.4, -0.2) is 24.3 Å². The van der Waals surface area contributed by atoms with Gasteiger partial charge in [0.2, 0.25) is 5.91 Å². The molecule has 0 radical (unpaired) electrons. The second kappa shape index (κ2) is 8.22. The fourth-order valence-corrected chi connectivity index (χ4v) is 4.40. The van der Waals surface area contributed by atoms with Gasteiger partial charge in [-0.3, -0.25) is 14.4 Å². The lowest BCUT2D eigenvalue weighted by molar-refractivity contribution is -0.120. The highest BCUT2D eigenvalue weighted by Gasteiger charge is 2.45. The number of anilines is 3. The van der Waals surface area contributed by atoms with Crippen molar-refractivity contribution >= 4 is 40.4 Å². The van der Waals surface area contributed by atoms with Gasteiger partial charge in [-0.25, -0.2) is 13.7 Å². The summed E-state index contributed by atoms with van der Waals surface area (Å²) in [5.41, 5.74) is 2.50. The summed E-state index contributed by atoms with van der Waals surface area (Å²) >= 11 is 0. The summed E-state index contributed by atoms with van der Waals surface area (Å²) in [5, 5.41) is 2.65. The zero-order valence-electron chi connectivity index (χ0n) is 18.1. The van der Waals surface area contributed by atoms with Gasteiger partial charge in [0.05, 0.1) is 11.3 Å². The molecule has 2 heterocycles. The maximum absolute atomic E-state index is 14.6. The number of benzene rings is 3. The smallest absolute Gasteiger partial charge is 0.282 e. The molecule has 0 aromatic heterocycles. The Morgan fingerprint density at radius 3 is 2.38 bits per heavy atom. The maximum Gasteiger partial charge on any atom is 0.282 e. The molecule has 3 aromatic carbocycles. The second-order valence-electron chi connectivity index (χ2n) is 8.05. The normalized spacial score (nSPS) is 15.3. The maximum atomic E-state index is 14.6. The SMILES string of the molecule is CC(=O)Nc1ccc(C2=C(N3CCc4ccccc43)C(=O)N(c3cc(F)ccc3F)C2=O)cc1. The summed E-state index contributed by atoms with van der Waals surface area (Å²) < 4.78 is 28.6. The number of rotatable bonds is 4. The number of hydrogen-bond acceptors (Lipinski definition) is 4. The van der Waals surface area contributed by atoms with E-state index in [1.54, 1.807) is 29.2 Å². The Morgan fingerprint density at radius 1 is 0.912 bits per heavy atom. The number of imide groups is 1. The molecule has 34 heavy (non-hydrogen) atoms. The molecular formula is C26H19F2N3O3. The van der Waals surface area contributed by atoms with E-state index in [4.69, 9.17) is 0 Å². The molecule has 0 atom stereocenters. The Hall–Kier alpha value is -4.33. The Morgan fingerprint density at radius 2 is 1.65 bits per heavy atom. The molecule has 0 saturated carbocycles. The van der Waals surface area contributed by atoms with Gasteiger partial charge in [0.15, 0.2) is 0 Å². The standard InChI is InChI=1S/C26H19F2N3O3/c1-15(32)29-19-9-6-17(7-10-19)23-24(30-13-12-16-4-2-3-5-21(16)30)26(34)31(25(23)33)22-14-18(27)8-11-20(22)28/h2-11,14H,12-13H2,1H3,(H,29,32). The predicted octanol–water partition coefficient (Wildman–Crippen LogP) is 4.27. The van der Waals surface area contributed by atoms with Crippen molar-refractivity contribution in [2.45, 2.75) is 13.3 Å². The van der Waals surface area contributed by atoms with Gasteiger partial charge in [-0.15, -0.1) is 0 Å². The predicted molar refractivity (Wildman–Crippen MR) is 124 cm³/mol. The van der Waals surface area contributed by atoms with Crippen LogP contribution in [0, 0.1) is 11.6 Å². The summed E-state index contributed by atoms with van der Waals surface area (Å²) in [4.78, 5) is 41.0. The van der Waals surface area contributed by atoms with Gasteiger partial charge >= 0.3 is 0 Å². The highest BCUT2D eigenvalue weighted by atomic mass is 19.1. The van der Waals surface area contributed by atoms with Gasteiger partial charge in [-0.2, -0.15) is 0 Å². The van der Waals surface area contributed by atoms with E-state index in [2.05, 4.69) is 5.32 Å². The van der Waals surface area contributed by atoms with Crippen LogP contribution < -0.4 is 15.1 Å². The van der Waals surface area contributed by atoms with Crippen molar-refractivity contribution in [1.82, 2.24) is 0 Å². The fraction of sp³-hybridized carbons (Fsp3) is 0.115. The van der Waals surface area contributed by atoms with Crippen LogP contribution in [0.4, 0.5) is 25.8 Å². The molecule has 3 aromatic rings. The molecule has 2 aliphatic rings. The van der Waals surface area contributed by atoms with Gasteiger partial charge in [-0.1, -0.05) is 30.3 Å². The molecule has 170 valence electrons. The highest BCUT2D eigenvalue weighted by molar-refractivity contribution is 6.46. The summed E-state index contributed by atoms with van der Waals surface area (Å²) in [6, 6.07) is 16.6. The summed E-state index contributed by atoms with van der Waals surface area (Å²) in [7, 11) is 0. The van der Waals surface area contributed by atoms with E-state index in [0.29, 0.717) is 29.1 Å². The first-order valence-electron chi connectivity index (χ1n) is 10.7. The zero-order valence-corrected chi connectivity index (χ0v) is 18.1. The summed E-state index contributed by atoms with van der Waals surface area (Å²) in [5.74, 6) is -3.38. The average Bonchev–Trinajstić information content (AvgIpc) is 3.34. The van der Waals surface area contributed by atoms with Crippen LogP contribution in [-0.2, 0) is 20.8 Å². The van der Waals surface area contributed by atoms with Crippen molar-refractivity contribution in [2.75, 3.05) is 21.7 Å². The van der Waals surface area contributed by atoms with Crippen molar-refractivity contribution in [3.63, 3.8) is 0 Å². The number of nitrogens with zero attached hydrogens (tertiary/aromatic N) is 2. The van der Waals surface area contributed by atoms with Gasteiger partial charge < -0.3 is 10.2 Å². The van der Waals surface area contributed by atoms with Crippen molar-refractivity contribution in [2.24, 2.45) is 0 Å². The fourth-order valence-electron chi connectivity index (χ4n) is 4.40. The average molecular weight is 459 g/mol. The molecule has 0 saturated heterocycles. The second-order valence-corrected chi connectivity index (χ2v) is 8.05. The minimum absolute atomic E-state index is 0.0831. The molecule has 0 bridgehead atoms. The third-order valence-electron chi connectivity index (χ3n) is 5.86. The lowest BCUT2D eigenvalue weighted by atomic mass is 10.0. The van der Waals surface area contributed by atoms with Crippen LogP contribution in [0.2, 0.25) is 0 Å². The van der Waals surface area contributed by atoms with Crippen LogP contribution in [0.3, 0.4) is 0 Å². The first-order valence-corrected chi connectivity index (χ1v) is 10.7. The molecule has 0 spiro atoms. The van der Waals surface area contributed by atoms with Crippen molar-refractivity contribution < 1.29 is 23.2 Å². The molecule has 8 heteroatoms. The number of halogens is 2. The van der Waals surface area contributed by atoms with E-state index >= 15 is 0 Å². The Balaban J connectivity index is 1.66. The van der Waals surface area contributed by atoms with E-state index in [-0.39, 0.29) is 17.2 Å². The lowest BCUT2D eigenvalue weighted by Crippen LogP contribution is -2.35. The first-order chi connectivity index (χ1) is 16.3. The van der Waals surface area contributed by atoms with Gasteiger partial charge in [0, 0.05) is 30.9 Å². The first kappa shape index (κ1) is 21.5. The van der Waals surface area contributed by atoms with Crippen LogP contribution >= 0.6 is 0 Å². The van der Waals surface area contributed by atoms with Crippen LogP contribution in [0.25, 0.3) is 5.57 Å². The molecule has 0 fully saturated rings. The Bertz CT molecular complexity index is 1380. The van der Waals surface area contributed by atoms with Crippen molar-refractivity contribution in [3.8, 4) is 0 Å². The number of hydrogen-bond donors (Lipinski definition) is 1. The molecule has 0 aliphatic carbocycles. The Kier molecular flexibility index (Phi) is 5.20. The lowest BCUT2D eigenvalue weighted by Gasteiger charge is -2.22. The molecular weight excluding hydrogens is 440 g/mol.